The molecule has 0 aromatic heterocycles. The van der Waals surface area contributed by atoms with Crippen LogP contribution in [0, 0.1) is 0 Å². The summed E-state index contributed by atoms with van der Waals surface area (Å²) >= 11 is 0. The molecule has 0 aliphatic heterocycles. The molecule has 0 aromatic rings. The van der Waals surface area contributed by atoms with Gasteiger partial charge >= 0.3 is 0 Å². The SMILES string of the molecule is CNCCC(N)=O. The first-order chi connectivity index (χ1) is 3.27. The van der Waals surface area contributed by atoms with Crippen LogP contribution in [-0.2, 0) is 4.79 Å². The maximum Gasteiger partial charge on any atom is 0.218 e. The molecule has 0 bridgehead atoms. The number of carbonyl (C=O) groups excluding carboxylic acids is 1. The Bertz CT molecular complexity index is 62.7. The van der Waals surface area contributed by atoms with Gasteiger partial charge in [-0.3, -0.25) is 4.79 Å². The van der Waals surface area contributed by atoms with Gasteiger partial charge in [0, 0.05) is 13.0 Å². The molecule has 0 saturated heterocycles. The van der Waals surface area contributed by atoms with Crippen molar-refractivity contribution in [2.24, 2.45) is 5.73 Å². The number of hydrogen-bond donors (Lipinski definition) is 2. The van der Waals surface area contributed by atoms with Crippen LogP contribution in [-0.4, -0.2) is 19.5 Å². The Labute approximate surface area is 42.9 Å². The van der Waals surface area contributed by atoms with Crippen molar-refractivity contribution in [2.75, 3.05) is 13.6 Å². The lowest BCUT2D eigenvalue weighted by Crippen LogP contribution is -2.18. The average molecular weight is 102 g/mol. The number of hydrogen-bond acceptors (Lipinski definition) is 2. The van der Waals surface area contributed by atoms with Gasteiger partial charge in [0.1, 0.15) is 0 Å². The van der Waals surface area contributed by atoms with Gasteiger partial charge in [0.2, 0.25) is 5.91 Å². The molecule has 1 amide bonds. The van der Waals surface area contributed by atoms with Gasteiger partial charge in [0.05, 0.1) is 0 Å². The van der Waals surface area contributed by atoms with Crippen molar-refractivity contribution >= 4 is 5.91 Å². The van der Waals surface area contributed by atoms with E-state index in [-0.39, 0.29) is 5.91 Å². The molecule has 3 N–H and O–H groups in total. The van der Waals surface area contributed by atoms with E-state index in [1.54, 1.807) is 7.05 Å². The maximum atomic E-state index is 9.94. The van der Waals surface area contributed by atoms with E-state index in [2.05, 4.69) is 5.32 Å². The summed E-state index contributed by atoms with van der Waals surface area (Å²) in [5.41, 5.74) is 4.80. The molecule has 7 heavy (non-hydrogen) atoms. The molecule has 0 unspecified atom stereocenters. The van der Waals surface area contributed by atoms with Crippen molar-refractivity contribution in [1.29, 1.82) is 0 Å². The first-order valence-corrected chi connectivity index (χ1v) is 2.20. The molecule has 3 nitrogen and oxygen atoms in total. The van der Waals surface area contributed by atoms with Gasteiger partial charge in [-0.05, 0) is 7.05 Å². The Morgan fingerprint density at radius 3 is 2.57 bits per heavy atom. The van der Waals surface area contributed by atoms with E-state index in [4.69, 9.17) is 5.73 Å². The molecule has 0 fully saturated rings. The summed E-state index contributed by atoms with van der Waals surface area (Å²) in [5, 5.41) is 2.80. The van der Waals surface area contributed by atoms with Gasteiger partial charge in [-0.15, -0.1) is 0 Å². The molecule has 0 aromatic carbocycles. The quantitative estimate of drug-likeness (QED) is 0.484. The van der Waals surface area contributed by atoms with Gasteiger partial charge in [-0.2, -0.15) is 0 Å². The minimum atomic E-state index is -0.255. The Morgan fingerprint density at radius 2 is 2.43 bits per heavy atom. The molecule has 42 valence electrons. The van der Waals surface area contributed by atoms with Crippen LogP contribution >= 0.6 is 0 Å². The zero-order valence-electron chi connectivity index (χ0n) is 4.40. The molecule has 0 atom stereocenters. The number of amides is 1. The summed E-state index contributed by atoms with van der Waals surface area (Å²) in [6.45, 7) is 0.676. The highest BCUT2D eigenvalue weighted by Gasteiger charge is 1.87. The third-order valence-corrected chi connectivity index (χ3v) is 0.621. The summed E-state index contributed by atoms with van der Waals surface area (Å²) in [4.78, 5) is 9.94. The molecule has 0 spiro atoms. The van der Waals surface area contributed by atoms with Crippen molar-refractivity contribution in [3.63, 3.8) is 0 Å². The predicted octanol–water partition coefficient (Wildman–Crippen LogP) is -0.919. The maximum absolute atomic E-state index is 9.94. The third-order valence-electron chi connectivity index (χ3n) is 0.621. The van der Waals surface area contributed by atoms with Crippen LogP contribution in [0.3, 0.4) is 0 Å². The molecule has 0 heterocycles. The van der Waals surface area contributed by atoms with Crippen LogP contribution in [0.25, 0.3) is 0 Å². The number of rotatable bonds is 3. The molecule has 3 heteroatoms. The zero-order valence-corrected chi connectivity index (χ0v) is 4.40. The normalized spacial score (nSPS) is 8.71. The molecular weight excluding hydrogens is 92.1 g/mol. The van der Waals surface area contributed by atoms with Crippen molar-refractivity contribution in [1.82, 2.24) is 5.32 Å². The summed E-state index contributed by atoms with van der Waals surface area (Å²) in [6, 6.07) is 0. The second kappa shape index (κ2) is 3.61. The van der Waals surface area contributed by atoms with Crippen LogP contribution < -0.4 is 11.1 Å². The Morgan fingerprint density at radius 1 is 1.86 bits per heavy atom. The third kappa shape index (κ3) is 5.43. The highest BCUT2D eigenvalue weighted by atomic mass is 16.1. The number of nitrogens with one attached hydrogen (secondary N) is 1. The van der Waals surface area contributed by atoms with E-state index < -0.39 is 0 Å². The highest BCUT2D eigenvalue weighted by molar-refractivity contribution is 5.73. The van der Waals surface area contributed by atoms with Crippen LogP contribution in [0.5, 0.6) is 0 Å². The van der Waals surface area contributed by atoms with E-state index >= 15 is 0 Å². The lowest BCUT2D eigenvalue weighted by atomic mass is 10.4. The largest absolute Gasteiger partial charge is 0.370 e. The Balaban J connectivity index is 2.82. The highest BCUT2D eigenvalue weighted by Crippen LogP contribution is 1.67. The van der Waals surface area contributed by atoms with E-state index in [0.717, 1.165) is 0 Å². The topological polar surface area (TPSA) is 55.1 Å². The minimum absolute atomic E-state index is 0.255. The fraction of sp³-hybridized carbons (Fsp3) is 0.750. The van der Waals surface area contributed by atoms with E-state index in [1.807, 2.05) is 0 Å². The molecule has 0 aliphatic carbocycles. The molecular formula is C4H10N2O. The molecule has 0 aliphatic rings. The van der Waals surface area contributed by atoms with Crippen molar-refractivity contribution in [3.8, 4) is 0 Å². The number of primary amides is 1. The molecule has 0 rings (SSSR count). The summed E-state index contributed by atoms with van der Waals surface area (Å²) in [5.74, 6) is -0.255. The number of carbonyl (C=O) groups is 1. The van der Waals surface area contributed by atoms with Crippen LogP contribution in [0.2, 0.25) is 0 Å². The van der Waals surface area contributed by atoms with E-state index in [1.165, 1.54) is 0 Å². The second-order valence-corrected chi connectivity index (χ2v) is 1.32. The average Bonchev–Trinajstić information content (AvgIpc) is 1.61. The molecule has 0 saturated carbocycles. The summed E-state index contributed by atoms with van der Waals surface area (Å²) < 4.78 is 0. The lowest BCUT2D eigenvalue weighted by Gasteiger charge is -1.89. The van der Waals surface area contributed by atoms with E-state index in [9.17, 15) is 4.79 Å². The summed E-state index contributed by atoms with van der Waals surface area (Å²) in [6.07, 6.45) is 0.427. The summed E-state index contributed by atoms with van der Waals surface area (Å²) in [7, 11) is 1.78. The smallest absolute Gasteiger partial charge is 0.218 e. The van der Waals surface area contributed by atoms with Crippen LogP contribution in [0.1, 0.15) is 6.42 Å². The number of nitrogens with two attached hydrogens (primary N) is 1. The lowest BCUT2D eigenvalue weighted by molar-refractivity contribution is -0.117. The zero-order chi connectivity index (χ0) is 5.70. The monoisotopic (exact) mass is 102 g/mol. The first kappa shape index (κ1) is 6.43. The van der Waals surface area contributed by atoms with Gasteiger partial charge in [0.15, 0.2) is 0 Å². The van der Waals surface area contributed by atoms with Crippen molar-refractivity contribution in [2.45, 2.75) is 6.42 Å². The fourth-order valence-electron chi connectivity index (χ4n) is 0.248. The van der Waals surface area contributed by atoms with Gasteiger partial charge < -0.3 is 11.1 Å². The van der Waals surface area contributed by atoms with E-state index in [0.29, 0.717) is 13.0 Å². The second-order valence-electron chi connectivity index (χ2n) is 1.32. The predicted molar refractivity (Wildman–Crippen MR) is 27.7 cm³/mol. The first-order valence-electron chi connectivity index (χ1n) is 2.20. The van der Waals surface area contributed by atoms with Gasteiger partial charge in [-0.25, -0.2) is 0 Å². The fourth-order valence-corrected chi connectivity index (χ4v) is 0.248. The Kier molecular flexibility index (Phi) is 3.32. The van der Waals surface area contributed by atoms with Gasteiger partial charge in [0.25, 0.3) is 0 Å². The standard InChI is InChI=1S/C4H10N2O/c1-6-3-2-4(5)7/h6H,2-3H2,1H3,(H2,5,7). The van der Waals surface area contributed by atoms with Crippen molar-refractivity contribution < 1.29 is 4.79 Å². The minimum Gasteiger partial charge on any atom is -0.370 e. The van der Waals surface area contributed by atoms with Crippen LogP contribution in [0.4, 0.5) is 0 Å². The van der Waals surface area contributed by atoms with Crippen molar-refractivity contribution in [3.05, 3.63) is 0 Å². The van der Waals surface area contributed by atoms with Crippen LogP contribution in [0.15, 0.2) is 0 Å². The molecule has 0 radical (unpaired) electrons. The Hall–Kier alpha value is -0.570. The van der Waals surface area contributed by atoms with Gasteiger partial charge in [-0.1, -0.05) is 0 Å².